The monoisotopic (exact) mass is 418 g/mol. The second-order valence-electron chi connectivity index (χ2n) is 8.49. The Morgan fingerprint density at radius 2 is 1.63 bits per heavy atom. The number of carboxylic acid groups (broad SMARTS) is 2. The van der Waals surface area contributed by atoms with Gasteiger partial charge < -0.3 is 25.1 Å². The molecule has 30 heavy (non-hydrogen) atoms. The first-order valence-electron chi connectivity index (χ1n) is 9.35. The third-order valence-corrected chi connectivity index (χ3v) is 4.59. The summed E-state index contributed by atoms with van der Waals surface area (Å²) in [6.07, 6.45) is 3.20. The summed E-state index contributed by atoms with van der Waals surface area (Å²) in [4.78, 5) is 34.9. The van der Waals surface area contributed by atoms with E-state index in [1.54, 1.807) is 24.3 Å². The molecule has 162 valence electrons. The topological polar surface area (TPSA) is 149 Å². The Kier molecular flexibility index (Phi) is 6.66. The van der Waals surface area contributed by atoms with Crippen molar-refractivity contribution in [2.45, 2.75) is 57.7 Å². The van der Waals surface area contributed by atoms with Crippen molar-refractivity contribution < 1.29 is 29.3 Å². The van der Waals surface area contributed by atoms with Gasteiger partial charge >= 0.3 is 17.6 Å². The highest BCUT2D eigenvalue weighted by molar-refractivity contribution is 6.27. The Morgan fingerprint density at radius 3 is 2.17 bits per heavy atom. The molecule has 1 saturated heterocycles. The average molecular weight is 418 g/mol. The van der Waals surface area contributed by atoms with Crippen molar-refractivity contribution in [3.63, 3.8) is 0 Å². The summed E-state index contributed by atoms with van der Waals surface area (Å²) in [5.74, 6) is -3.72. The van der Waals surface area contributed by atoms with Gasteiger partial charge in [0.25, 0.3) is 0 Å². The largest absolute Gasteiger partial charge is 0.506 e. The molecule has 1 aliphatic heterocycles. The maximum atomic E-state index is 12.2. The molecule has 0 bridgehead atoms. The van der Waals surface area contributed by atoms with Crippen molar-refractivity contribution in [2.24, 2.45) is 4.99 Å². The Bertz CT molecular complexity index is 1010. The molecule has 0 amide bonds. The summed E-state index contributed by atoms with van der Waals surface area (Å²) in [7, 11) is 0. The number of hydrogen-bond acceptors (Lipinski definition) is 7. The molecular formula is C21H26N2O7. The van der Waals surface area contributed by atoms with Crippen LogP contribution in [0, 0.1) is 0 Å². The molecule has 1 aliphatic rings. The van der Waals surface area contributed by atoms with Crippen molar-refractivity contribution in [2.75, 3.05) is 0 Å². The zero-order valence-electron chi connectivity index (χ0n) is 17.3. The number of carbonyl (C=O) groups is 2. The van der Waals surface area contributed by atoms with E-state index in [1.807, 2.05) is 0 Å². The minimum absolute atomic E-state index is 0.0279. The Labute approximate surface area is 173 Å². The smallest absolute Gasteiger partial charge is 0.414 e. The molecule has 0 aliphatic carbocycles. The Balaban J connectivity index is 0.000000469. The van der Waals surface area contributed by atoms with Crippen LogP contribution >= 0.6 is 0 Å². The molecule has 1 aromatic carbocycles. The third kappa shape index (κ3) is 5.90. The van der Waals surface area contributed by atoms with E-state index in [1.165, 1.54) is 6.21 Å². The van der Waals surface area contributed by atoms with Gasteiger partial charge in [-0.05, 0) is 52.7 Å². The van der Waals surface area contributed by atoms with Crippen molar-refractivity contribution in [1.82, 2.24) is 5.32 Å². The standard InChI is InChI=1S/C19H24N2O3.C2H2O4/c1-18(2)9-12(10-19(3,4)21-18)20-11-14-16(22)13-7-5-6-8-15(13)24-17(14)23;3-1(4)2(5)6/h5-8,11-12,21-22H,9-10H2,1-4H3;(H,3,4)(H,5,6). The quantitative estimate of drug-likeness (QED) is 0.330. The molecule has 0 atom stereocenters. The number of piperidine rings is 1. The fraction of sp³-hybridized carbons (Fsp3) is 0.429. The highest BCUT2D eigenvalue weighted by Crippen LogP contribution is 2.31. The summed E-state index contributed by atoms with van der Waals surface area (Å²) in [5.41, 5.74) is -0.133. The van der Waals surface area contributed by atoms with Crippen LogP contribution in [0.15, 0.2) is 38.5 Å². The van der Waals surface area contributed by atoms with Gasteiger partial charge in [0.15, 0.2) is 0 Å². The molecular weight excluding hydrogens is 392 g/mol. The minimum Gasteiger partial charge on any atom is -0.506 e. The van der Waals surface area contributed by atoms with E-state index in [4.69, 9.17) is 24.2 Å². The zero-order valence-corrected chi connectivity index (χ0v) is 17.3. The minimum atomic E-state index is -1.82. The fourth-order valence-corrected chi connectivity index (χ4v) is 3.82. The number of aromatic hydroxyl groups is 1. The fourth-order valence-electron chi connectivity index (χ4n) is 3.82. The Hall–Kier alpha value is -3.20. The van der Waals surface area contributed by atoms with Gasteiger partial charge in [-0.2, -0.15) is 0 Å². The van der Waals surface area contributed by atoms with Crippen LogP contribution in [0.1, 0.15) is 46.1 Å². The molecule has 0 unspecified atom stereocenters. The molecule has 0 saturated carbocycles. The third-order valence-electron chi connectivity index (χ3n) is 4.59. The lowest BCUT2D eigenvalue weighted by atomic mass is 9.80. The Morgan fingerprint density at radius 1 is 1.10 bits per heavy atom. The van der Waals surface area contributed by atoms with Crippen molar-refractivity contribution in [3.8, 4) is 5.75 Å². The zero-order chi connectivity index (χ0) is 22.7. The van der Waals surface area contributed by atoms with Crippen LogP contribution in [0.5, 0.6) is 5.75 Å². The van der Waals surface area contributed by atoms with E-state index in [9.17, 15) is 9.90 Å². The normalized spacial score (nSPS) is 18.0. The van der Waals surface area contributed by atoms with Gasteiger partial charge in [0.1, 0.15) is 16.9 Å². The van der Waals surface area contributed by atoms with Crippen LogP contribution in [-0.2, 0) is 9.59 Å². The van der Waals surface area contributed by atoms with E-state index in [2.05, 4.69) is 38.0 Å². The molecule has 4 N–H and O–H groups in total. The first-order valence-corrected chi connectivity index (χ1v) is 9.35. The van der Waals surface area contributed by atoms with Gasteiger partial charge in [-0.3, -0.25) is 4.99 Å². The van der Waals surface area contributed by atoms with Crippen LogP contribution in [0.25, 0.3) is 11.0 Å². The van der Waals surface area contributed by atoms with Crippen LogP contribution in [0.4, 0.5) is 0 Å². The molecule has 2 aromatic rings. The van der Waals surface area contributed by atoms with Crippen molar-refractivity contribution >= 4 is 29.1 Å². The summed E-state index contributed by atoms with van der Waals surface area (Å²) in [5, 5.41) is 29.3. The highest BCUT2D eigenvalue weighted by Gasteiger charge is 2.37. The van der Waals surface area contributed by atoms with Crippen LogP contribution in [0.3, 0.4) is 0 Å². The average Bonchev–Trinajstić information content (AvgIpc) is 2.59. The summed E-state index contributed by atoms with van der Waals surface area (Å²) in [6.45, 7) is 8.60. The van der Waals surface area contributed by atoms with E-state index in [-0.39, 0.29) is 28.4 Å². The van der Waals surface area contributed by atoms with Crippen LogP contribution < -0.4 is 10.9 Å². The van der Waals surface area contributed by atoms with Gasteiger partial charge in [-0.1, -0.05) is 12.1 Å². The number of para-hydroxylation sites is 1. The van der Waals surface area contributed by atoms with E-state index < -0.39 is 17.6 Å². The first-order chi connectivity index (χ1) is 13.8. The molecule has 1 aromatic heterocycles. The van der Waals surface area contributed by atoms with Crippen LogP contribution in [-0.4, -0.2) is 50.6 Å². The molecule has 0 radical (unpaired) electrons. The van der Waals surface area contributed by atoms with Gasteiger partial charge in [-0.25, -0.2) is 14.4 Å². The molecule has 9 heteroatoms. The van der Waals surface area contributed by atoms with Crippen molar-refractivity contribution in [3.05, 3.63) is 40.2 Å². The predicted octanol–water partition coefficient (Wildman–Crippen LogP) is 2.38. The van der Waals surface area contributed by atoms with Gasteiger partial charge in [0.05, 0.1) is 11.4 Å². The lowest BCUT2D eigenvalue weighted by Crippen LogP contribution is -2.58. The second-order valence-corrected chi connectivity index (χ2v) is 8.49. The van der Waals surface area contributed by atoms with Gasteiger partial charge in [-0.15, -0.1) is 0 Å². The van der Waals surface area contributed by atoms with E-state index >= 15 is 0 Å². The predicted molar refractivity (Wildman–Crippen MR) is 111 cm³/mol. The number of hydrogen-bond donors (Lipinski definition) is 4. The maximum Gasteiger partial charge on any atom is 0.414 e. The van der Waals surface area contributed by atoms with Crippen LogP contribution in [0.2, 0.25) is 0 Å². The van der Waals surface area contributed by atoms with E-state index in [0.29, 0.717) is 11.0 Å². The second kappa shape index (κ2) is 8.66. The maximum absolute atomic E-state index is 12.2. The lowest BCUT2D eigenvalue weighted by Gasteiger charge is -2.45. The molecule has 0 spiro atoms. The molecule has 9 nitrogen and oxygen atoms in total. The lowest BCUT2D eigenvalue weighted by molar-refractivity contribution is -0.159. The molecule has 2 heterocycles. The first kappa shape index (κ1) is 23.1. The van der Waals surface area contributed by atoms with Gasteiger partial charge in [0, 0.05) is 17.3 Å². The number of benzene rings is 1. The van der Waals surface area contributed by atoms with Gasteiger partial charge in [0.2, 0.25) is 0 Å². The SMILES string of the molecule is CC1(C)CC(N=Cc2c(O)c3ccccc3oc2=O)CC(C)(C)N1.O=C(O)C(=O)O. The van der Waals surface area contributed by atoms with Crippen molar-refractivity contribution in [1.29, 1.82) is 0 Å². The number of rotatable bonds is 2. The van der Waals surface area contributed by atoms with E-state index in [0.717, 1.165) is 12.8 Å². The summed E-state index contributed by atoms with van der Waals surface area (Å²) in [6, 6.07) is 7.02. The number of nitrogens with zero attached hydrogens (tertiary/aromatic N) is 1. The highest BCUT2D eigenvalue weighted by atomic mass is 16.4. The number of nitrogens with one attached hydrogen (secondary N) is 1. The number of carboxylic acids is 2. The number of fused-ring (bicyclic) bond motifs is 1. The summed E-state index contributed by atoms with van der Waals surface area (Å²) < 4.78 is 5.28. The molecule has 1 fully saturated rings. The number of aliphatic imine (C=N–C) groups is 1. The number of aliphatic carboxylic acids is 2. The summed E-state index contributed by atoms with van der Waals surface area (Å²) >= 11 is 0. The molecule has 3 rings (SSSR count).